The molecule has 1 fully saturated rings. The lowest BCUT2D eigenvalue weighted by Crippen LogP contribution is -2.52. The normalized spacial score (nSPS) is 17.2. The molecule has 0 aromatic heterocycles. The van der Waals surface area contributed by atoms with Gasteiger partial charge < -0.3 is 14.7 Å². The van der Waals surface area contributed by atoms with Gasteiger partial charge in [-0.05, 0) is 30.2 Å². The number of aryl methyl sites for hydroxylation is 1. The number of anilines is 2. The molecule has 0 aliphatic carbocycles. The fourth-order valence-electron chi connectivity index (χ4n) is 3.76. The van der Waals surface area contributed by atoms with Crippen LogP contribution in [0.15, 0.2) is 54.6 Å². The fraction of sp³-hybridized carbons (Fsp3) is 0.333. The van der Waals surface area contributed by atoms with Crippen LogP contribution in [0.1, 0.15) is 12.0 Å². The van der Waals surface area contributed by atoms with Crippen molar-refractivity contribution in [3.8, 4) is 0 Å². The van der Waals surface area contributed by atoms with Crippen molar-refractivity contribution >= 4 is 23.2 Å². The minimum Gasteiger partial charge on any atom is -0.368 e. The first-order valence-electron chi connectivity index (χ1n) is 9.18. The smallest absolute Gasteiger partial charge is 0.242 e. The van der Waals surface area contributed by atoms with Crippen molar-refractivity contribution in [3.05, 3.63) is 60.2 Å². The average molecular weight is 349 g/mol. The van der Waals surface area contributed by atoms with Gasteiger partial charge in [0, 0.05) is 44.0 Å². The van der Waals surface area contributed by atoms with Gasteiger partial charge in [0.05, 0.1) is 0 Å². The number of para-hydroxylation sites is 2. The summed E-state index contributed by atoms with van der Waals surface area (Å²) < 4.78 is 0. The zero-order chi connectivity index (χ0) is 17.9. The van der Waals surface area contributed by atoms with Crippen LogP contribution in [0.2, 0.25) is 0 Å². The number of carbonyl (C=O) groups excluding carboxylic acids is 2. The van der Waals surface area contributed by atoms with E-state index < -0.39 is 0 Å². The average Bonchev–Trinajstić information content (AvgIpc) is 2.71. The number of amides is 2. The first-order valence-corrected chi connectivity index (χ1v) is 9.18. The van der Waals surface area contributed by atoms with Crippen LogP contribution < -0.4 is 9.80 Å². The predicted molar refractivity (Wildman–Crippen MR) is 102 cm³/mol. The summed E-state index contributed by atoms with van der Waals surface area (Å²) in [5.41, 5.74) is 3.23. The van der Waals surface area contributed by atoms with Gasteiger partial charge in [-0.1, -0.05) is 36.4 Å². The van der Waals surface area contributed by atoms with Gasteiger partial charge in [0.2, 0.25) is 11.8 Å². The van der Waals surface area contributed by atoms with E-state index in [4.69, 9.17) is 0 Å². The van der Waals surface area contributed by atoms with E-state index >= 15 is 0 Å². The molecular weight excluding hydrogens is 326 g/mol. The number of benzene rings is 2. The lowest BCUT2D eigenvalue weighted by Gasteiger charge is -2.37. The van der Waals surface area contributed by atoms with Crippen LogP contribution in [0.5, 0.6) is 0 Å². The number of carbonyl (C=O) groups is 2. The number of nitrogens with zero attached hydrogens (tertiary/aromatic N) is 3. The minimum atomic E-state index is 0.0303. The van der Waals surface area contributed by atoms with Crippen molar-refractivity contribution in [2.45, 2.75) is 12.8 Å². The maximum atomic E-state index is 12.8. The van der Waals surface area contributed by atoms with E-state index in [1.807, 2.05) is 47.4 Å². The Morgan fingerprint density at radius 1 is 0.846 bits per heavy atom. The molecule has 2 aromatic carbocycles. The zero-order valence-electron chi connectivity index (χ0n) is 14.8. The second-order valence-corrected chi connectivity index (χ2v) is 6.81. The molecule has 5 heteroatoms. The van der Waals surface area contributed by atoms with Crippen LogP contribution in [-0.2, 0) is 16.0 Å². The topological polar surface area (TPSA) is 43.9 Å². The molecular formula is C21H23N3O2. The van der Waals surface area contributed by atoms with Crippen molar-refractivity contribution in [1.29, 1.82) is 0 Å². The molecule has 0 N–H and O–H groups in total. The predicted octanol–water partition coefficient (Wildman–Crippen LogP) is 2.31. The van der Waals surface area contributed by atoms with E-state index in [9.17, 15) is 9.59 Å². The molecule has 0 spiro atoms. The van der Waals surface area contributed by atoms with E-state index in [0.717, 1.165) is 30.8 Å². The Hall–Kier alpha value is -2.82. The molecule has 5 nitrogen and oxygen atoms in total. The first kappa shape index (κ1) is 16.6. The molecule has 0 unspecified atom stereocenters. The molecule has 2 heterocycles. The lowest BCUT2D eigenvalue weighted by atomic mass is 10.0. The third kappa shape index (κ3) is 3.29. The van der Waals surface area contributed by atoms with Crippen LogP contribution in [0.4, 0.5) is 11.4 Å². The van der Waals surface area contributed by atoms with Crippen LogP contribution >= 0.6 is 0 Å². The summed E-state index contributed by atoms with van der Waals surface area (Å²) in [4.78, 5) is 31.0. The Labute approximate surface area is 153 Å². The summed E-state index contributed by atoms with van der Waals surface area (Å²) in [5.74, 6) is 0.0720. The monoisotopic (exact) mass is 349 g/mol. The molecule has 0 bridgehead atoms. The quantitative estimate of drug-likeness (QED) is 0.854. The third-order valence-corrected chi connectivity index (χ3v) is 5.24. The highest BCUT2D eigenvalue weighted by Gasteiger charge is 2.28. The van der Waals surface area contributed by atoms with E-state index in [1.54, 1.807) is 4.90 Å². The van der Waals surface area contributed by atoms with Gasteiger partial charge in [-0.2, -0.15) is 0 Å². The van der Waals surface area contributed by atoms with Gasteiger partial charge in [-0.3, -0.25) is 9.59 Å². The minimum absolute atomic E-state index is 0.0303. The number of fused-ring (bicyclic) bond motifs is 1. The highest BCUT2D eigenvalue weighted by Crippen LogP contribution is 2.27. The Kier molecular flexibility index (Phi) is 4.61. The molecule has 1 saturated heterocycles. The second kappa shape index (κ2) is 7.20. The summed E-state index contributed by atoms with van der Waals surface area (Å²) >= 11 is 0. The van der Waals surface area contributed by atoms with Crippen LogP contribution in [0, 0.1) is 0 Å². The van der Waals surface area contributed by atoms with Crippen molar-refractivity contribution in [2.24, 2.45) is 0 Å². The molecule has 2 amide bonds. The molecule has 2 aliphatic rings. The second-order valence-electron chi connectivity index (χ2n) is 6.81. The van der Waals surface area contributed by atoms with E-state index in [0.29, 0.717) is 19.5 Å². The number of hydrogen-bond donors (Lipinski definition) is 0. The van der Waals surface area contributed by atoms with E-state index in [1.165, 1.54) is 5.69 Å². The molecule has 0 radical (unpaired) electrons. The van der Waals surface area contributed by atoms with Gasteiger partial charge in [-0.25, -0.2) is 0 Å². The molecule has 2 aliphatic heterocycles. The molecule has 26 heavy (non-hydrogen) atoms. The Balaban J connectivity index is 1.40. The van der Waals surface area contributed by atoms with Gasteiger partial charge in [0.1, 0.15) is 6.54 Å². The molecule has 4 rings (SSSR count). The third-order valence-electron chi connectivity index (χ3n) is 5.24. The van der Waals surface area contributed by atoms with Gasteiger partial charge in [0.25, 0.3) is 0 Å². The van der Waals surface area contributed by atoms with E-state index in [2.05, 4.69) is 17.0 Å². The fourth-order valence-corrected chi connectivity index (χ4v) is 3.76. The number of rotatable bonds is 3. The van der Waals surface area contributed by atoms with Gasteiger partial charge in [0.15, 0.2) is 0 Å². The first-order chi connectivity index (χ1) is 12.7. The van der Waals surface area contributed by atoms with Crippen LogP contribution in [-0.4, -0.2) is 49.4 Å². The SMILES string of the molecule is O=C(CN1C(=O)CCc2ccccc21)N1CCN(c2ccccc2)CC1. The molecule has 2 aromatic rings. The summed E-state index contributed by atoms with van der Waals surface area (Å²) in [6.45, 7) is 3.16. The van der Waals surface area contributed by atoms with E-state index in [-0.39, 0.29) is 18.4 Å². The van der Waals surface area contributed by atoms with Crippen LogP contribution in [0.3, 0.4) is 0 Å². The Bertz CT molecular complexity index is 798. The standard InChI is InChI=1S/C21H23N3O2/c25-20-11-10-17-6-4-5-9-19(17)24(20)16-21(26)23-14-12-22(13-15-23)18-7-2-1-3-8-18/h1-9H,10-16H2. The summed E-state index contributed by atoms with van der Waals surface area (Å²) in [5, 5.41) is 0. The zero-order valence-corrected chi connectivity index (χ0v) is 14.8. The lowest BCUT2D eigenvalue weighted by molar-refractivity contribution is -0.131. The van der Waals surface area contributed by atoms with Crippen molar-refractivity contribution in [2.75, 3.05) is 42.5 Å². The summed E-state index contributed by atoms with van der Waals surface area (Å²) in [7, 11) is 0. The molecule has 0 saturated carbocycles. The van der Waals surface area contributed by atoms with Gasteiger partial charge >= 0.3 is 0 Å². The summed E-state index contributed by atoms with van der Waals surface area (Å²) in [6, 6.07) is 18.2. The van der Waals surface area contributed by atoms with Crippen molar-refractivity contribution in [1.82, 2.24) is 4.90 Å². The Morgan fingerprint density at radius 2 is 1.54 bits per heavy atom. The summed E-state index contributed by atoms with van der Waals surface area (Å²) in [6.07, 6.45) is 1.24. The Morgan fingerprint density at radius 3 is 2.31 bits per heavy atom. The van der Waals surface area contributed by atoms with Gasteiger partial charge in [-0.15, -0.1) is 0 Å². The van der Waals surface area contributed by atoms with Crippen molar-refractivity contribution in [3.63, 3.8) is 0 Å². The van der Waals surface area contributed by atoms with Crippen LogP contribution in [0.25, 0.3) is 0 Å². The largest absolute Gasteiger partial charge is 0.368 e. The number of hydrogen-bond acceptors (Lipinski definition) is 3. The maximum Gasteiger partial charge on any atom is 0.242 e. The van der Waals surface area contributed by atoms with Crippen molar-refractivity contribution < 1.29 is 9.59 Å². The highest BCUT2D eigenvalue weighted by atomic mass is 16.2. The number of piperazine rings is 1. The molecule has 0 atom stereocenters. The molecule has 134 valence electrons. The maximum absolute atomic E-state index is 12.8. The highest BCUT2D eigenvalue weighted by molar-refractivity contribution is 6.01.